The average molecular weight is 706 g/mol. The zero-order chi connectivity index (χ0) is 37.6. The molecule has 6 N–H and O–H groups in total. The Morgan fingerprint density at radius 3 is 0.833 bits per heavy atom. The molecule has 54 heavy (non-hydrogen) atoms. The fourth-order valence-electron chi connectivity index (χ4n) is 8.00. The first-order valence-electron chi connectivity index (χ1n) is 19.4. The topological polar surface area (TPSA) is 78.1 Å². The van der Waals surface area contributed by atoms with Gasteiger partial charge in [-0.2, -0.15) is 0 Å². The Hall–Kier alpha value is -6.06. The predicted octanol–water partition coefficient (Wildman–Crippen LogP) is 11.9. The Kier molecular flexibility index (Phi) is 11.0. The summed E-state index contributed by atoms with van der Waals surface area (Å²) in [5.41, 5.74) is 41.4. The molecule has 0 unspecified atom stereocenters. The van der Waals surface area contributed by atoms with Crippen molar-refractivity contribution in [2.24, 2.45) is 0 Å². The fourth-order valence-corrected chi connectivity index (χ4v) is 8.00. The average Bonchev–Trinajstić information content (AvgIpc) is 3.21. The van der Waals surface area contributed by atoms with Gasteiger partial charge in [-0.05, 0) is 123 Å². The van der Waals surface area contributed by atoms with Crippen LogP contribution in [0.3, 0.4) is 0 Å². The van der Waals surface area contributed by atoms with Crippen LogP contribution in [0.15, 0.2) is 146 Å². The van der Waals surface area contributed by atoms with Crippen LogP contribution < -0.4 is 17.2 Å². The van der Waals surface area contributed by atoms with Gasteiger partial charge in [0.1, 0.15) is 0 Å². The molecule has 3 heteroatoms. The van der Waals surface area contributed by atoms with Crippen molar-refractivity contribution in [3.05, 3.63) is 196 Å². The maximum absolute atomic E-state index is 7.22. The molecule has 0 aliphatic rings. The van der Waals surface area contributed by atoms with Crippen molar-refractivity contribution in [2.45, 2.75) is 59.3 Å². The van der Waals surface area contributed by atoms with Crippen molar-refractivity contribution in [1.82, 2.24) is 0 Å². The molecular formula is C51H51N3. The summed E-state index contributed by atoms with van der Waals surface area (Å²) >= 11 is 0. The molecule has 0 saturated heterocycles. The van der Waals surface area contributed by atoms with Crippen LogP contribution >= 0.6 is 0 Å². The van der Waals surface area contributed by atoms with E-state index >= 15 is 0 Å². The SMILES string of the molecule is CCc1ccc(-c2cc(-c3ccc(CC)c(Cc4ccccc4)c3N)cc(-c3ccc(CC)c(Cc4ccccc4)c3N)c2)c(N)c1Cc1ccccc1. The summed E-state index contributed by atoms with van der Waals surface area (Å²) in [6.07, 6.45) is 5.06. The highest BCUT2D eigenvalue weighted by molar-refractivity contribution is 5.92. The summed E-state index contributed by atoms with van der Waals surface area (Å²) in [5, 5.41) is 0. The highest BCUT2D eigenvalue weighted by Crippen LogP contribution is 2.42. The number of aryl methyl sites for hydroxylation is 3. The second kappa shape index (κ2) is 16.3. The Morgan fingerprint density at radius 1 is 0.333 bits per heavy atom. The second-order valence-corrected chi connectivity index (χ2v) is 14.3. The van der Waals surface area contributed by atoms with Gasteiger partial charge < -0.3 is 17.2 Å². The molecule has 0 saturated carbocycles. The van der Waals surface area contributed by atoms with E-state index in [4.69, 9.17) is 17.2 Å². The van der Waals surface area contributed by atoms with E-state index in [9.17, 15) is 0 Å². The molecule has 7 aromatic rings. The first-order valence-corrected chi connectivity index (χ1v) is 19.4. The summed E-state index contributed by atoms with van der Waals surface area (Å²) in [7, 11) is 0. The molecule has 0 amide bonds. The first kappa shape index (κ1) is 36.3. The number of hydrogen-bond donors (Lipinski definition) is 3. The van der Waals surface area contributed by atoms with Gasteiger partial charge in [0.15, 0.2) is 0 Å². The monoisotopic (exact) mass is 705 g/mol. The zero-order valence-corrected chi connectivity index (χ0v) is 31.8. The van der Waals surface area contributed by atoms with Crippen molar-refractivity contribution in [2.75, 3.05) is 17.2 Å². The van der Waals surface area contributed by atoms with Gasteiger partial charge >= 0.3 is 0 Å². The first-order chi connectivity index (χ1) is 26.4. The molecule has 270 valence electrons. The van der Waals surface area contributed by atoms with Crippen LogP contribution in [-0.2, 0) is 38.5 Å². The molecule has 0 atom stereocenters. The van der Waals surface area contributed by atoms with Crippen LogP contribution in [0.25, 0.3) is 33.4 Å². The van der Waals surface area contributed by atoms with Gasteiger partial charge in [0.05, 0.1) is 0 Å². The third-order valence-electron chi connectivity index (χ3n) is 11.0. The van der Waals surface area contributed by atoms with E-state index in [1.54, 1.807) is 0 Å². The van der Waals surface area contributed by atoms with Crippen LogP contribution in [0.1, 0.15) is 70.8 Å². The van der Waals surface area contributed by atoms with Gasteiger partial charge in [0, 0.05) is 33.8 Å². The standard InChI is InChI=1S/C51H51N3/c1-4-37-22-25-43(49(52)46(37)28-34-16-10-7-11-17-34)40-31-41(44-26-23-38(5-2)47(50(44)53)29-35-18-12-8-13-19-35)33-42(32-40)45-27-24-39(6-3)48(51(45)54)30-36-20-14-9-15-21-36/h7-27,31-33H,4-6,28-30,52-54H2,1-3H3. The van der Waals surface area contributed by atoms with E-state index in [0.29, 0.717) is 0 Å². The van der Waals surface area contributed by atoms with Crippen LogP contribution in [0.5, 0.6) is 0 Å². The quantitative estimate of drug-likeness (QED) is 0.111. The number of rotatable bonds is 12. The molecule has 0 radical (unpaired) electrons. The van der Waals surface area contributed by atoms with Gasteiger partial charge in [-0.25, -0.2) is 0 Å². The van der Waals surface area contributed by atoms with Gasteiger partial charge in [-0.15, -0.1) is 0 Å². The van der Waals surface area contributed by atoms with Crippen molar-refractivity contribution >= 4 is 17.1 Å². The Balaban J connectivity index is 1.44. The number of anilines is 3. The van der Waals surface area contributed by atoms with E-state index in [-0.39, 0.29) is 0 Å². The summed E-state index contributed by atoms with van der Waals surface area (Å²) in [4.78, 5) is 0. The number of nitrogen functional groups attached to an aromatic ring is 3. The molecular weight excluding hydrogens is 655 g/mol. The van der Waals surface area contributed by atoms with E-state index < -0.39 is 0 Å². The van der Waals surface area contributed by atoms with Crippen LogP contribution in [0, 0.1) is 0 Å². The highest BCUT2D eigenvalue weighted by Gasteiger charge is 2.19. The molecule has 7 rings (SSSR count). The Labute approximate surface area is 321 Å². The number of hydrogen-bond acceptors (Lipinski definition) is 3. The van der Waals surface area contributed by atoms with Gasteiger partial charge in [0.25, 0.3) is 0 Å². The minimum Gasteiger partial charge on any atom is -0.398 e. The zero-order valence-electron chi connectivity index (χ0n) is 31.8. The van der Waals surface area contributed by atoms with Crippen molar-refractivity contribution < 1.29 is 0 Å². The molecule has 0 aliphatic carbocycles. The minimum atomic E-state index is 0.777. The normalized spacial score (nSPS) is 11.2. The van der Waals surface area contributed by atoms with E-state index in [1.165, 1.54) is 50.1 Å². The number of benzene rings is 7. The molecule has 0 aromatic heterocycles. The molecule has 7 aromatic carbocycles. The summed E-state index contributed by atoms with van der Waals surface area (Å²) in [5.74, 6) is 0. The lowest BCUT2D eigenvalue weighted by molar-refractivity contribution is 1.06. The van der Waals surface area contributed by atoms with Gasteiger partial charge in [-0.3, -0.25) is 0 Å². The summed E-state index contributed by atoms with van der Waals surface area (Å²) in [6, 6.07) is 51.9. The highest BCUT2D eigenvalue weighted by atomic mass is 14.6. The molecule has 0 spiro atoms. The molecule has 3 nitrogen and oxygen atoms in total. The third-order valence-corrected chi connectivity index (χ3v) is 11.0. The lowest BCUT2D eigenvalue weighted by atomic mass is 9.86. The van der Waals surface area contributed by atoms with Gasteiger partial charge in [-0.1, -0.05) is 148 Å². The van der Waals surface area contributed by atoms with Crippen LogP contribution in [0.4, 0.5) is 17.1 Å². The van der Waals surface area contributed by atoms with E-state index in [1.807, 2.05) is 0 Å². The lowest BCUT2D eigenvalue weighted by Crippen LogP contribution is -2.05. The largest absolute Gasteiger partial charge is 0.398 e. The van der Waals surface area contributed by atoms with Crippen LogP contribution in [-0.4, -0.2) is 0 Å². The summed E-state index contributed by atoms with van der Waals surface area (Å²) in [6.45, 7) is 6.60. The van der Waals surface area contributed by atoms with Gasteiger partial charge in [0.2, 0.25) is 0 Å². The second-order valence-electron chi connectivity index (χ2n) is 14.3. The van der Waals surface area contributed by atoms with Crippen LogP contribution in [0.2, 0.25) is 0 Å². The molecule has 0 heterocycles. The fraction of sp³-hybridized carbons (Fsp3) is 0.176. The third kappa shape index (κ3) is 7.54. The Morgan fingerprint density at radius 2 is 0.593 bits per heavy atom. The smallest absolute Gasteiger partial charge is 0.0432 e. The molecule has 0 aliphatic heterocycles. The maximum atomic E-state index is 7.22. The Bertz CT molecular complexity index is 2100. The molecule has 0 bridgehead atoms. The van der Waals surface area contributed by atoms with Crippen molar-refractivity contribution in [1.29, 1.82) is 0 Å². The molecule has 0 fully saturated rings. The van der Waals surface area contributed by atoms with Crippen molar-refractivity contribution in [3.8, 4) is 33.4 Å². The summed E-state index contributed by atoms with van der Waals surface area (Å²) < 4.78 is 0. The van der Waals surface area contributed by atoms with E-state index in [2.05, 4.69) is 166 Å². The lowest BCUT2D eigenvalue weighted by Gasteiger charge is -2.21. The van der Waals surface area contributed by atoms with Crippen molar-refractivity contribution in [3.63, 3.8) is 0 Å². The number of nitrogens with two attached hydrogens (primary N) is 3. The van der Waals surface area contributed by atoms with E-state index in [0.717, 1.165) is 89.0 Å². The maximum Gasteiger partial charge on any atom is 0.0432 e. The minimum absolute atomic E-state index is 0.777. The predicted molar refractivity (Wildman–Crippen MR) is 232 cm³/mol.